The molecule has 1 aromatic heterocycles. The molecule has 1 fully saturated rings. The molecule has 24 heavy (non-hydrogen) atoms. The fraction of sp³-hybridized carbons (Fsp3) is 0.444. The summed E-state index contributed by atoms with van der Waals surface area (Å²) in [6.45, 7) is 4.76. The second-order valence-corrected chi connectivity index (χ2v) is 6.88. The normalized spacial score (nSPS) is 20.3. The molecule has 2 atom stereocenters. The van der Waals surface area contributed by atoms with E-state index < -0.39 is 0 Å². The Morgan fingerprint density at radius 2 is 2.25 bits per heavy atom. The first-order valence-corrected chi connectivity index (χ1v) is 8.62. The summed E-state index contributed by atoms with van der Waals surface area (Å²) in [6.07, 6.45) is 1.08. The van der Waals surface area contributed by atoms with E-state index in [0.29, 0.717) is 24.4 Å². The molecule has 2 N–H and O–H groups in total. The first kappa shape index (κ1) is 16.8. The lowest BCUT2D eigenvalue weighted by Gasteiger charge is -2.10. The molecule has 1 saturated carbocycles. The highest BCUT2D eigenvalue weighted by Crippen LogP contribution is 2.41. The molecule has 2 aromatic rings. The molecule has 3 rings (SSSR count). The smallest absolute Gasteiger partial charge is 0.191 e. The molecule has 5 nitrogen and oxygen atoms in total. The van der Waals surface area contributed by atoms with E-state index in [1.165, 1.54) is 5.56 Å². The van der Waals surface area contributed by atoms with Crippen molar-refractivity contribution in [3.05, 3.63) is 52.4 Å². The molecule has 2 unspecified atom stereocenters. The quantitative estimate of drug-likeness (QED) is 0.640. The van der Waals surface area contributed by atoms with Crippen molar-refractivity contribution in [2.75, 3.05) is 7.05 Å². The minimum atomic E-state index is 0.366. The standard InChI is InChI=1S/C18H23ClN4O/c1-11(2)16-8-14(24-23-16)10-21-18(20-3)22-17-9-15(17)12-5-4-6-13(19)7-12/h4-8,11,15,17H,9-10H2,1-3H3,(H2,20,21,22). The molecular weight excluding hydrogens is 324 g/mol. The molecule has 128 valence electrons. The first-order valence-electron chi connectivity index (χ1n) is 8.25. The lowest BCUT2D eigenvalue weighted by atomic mass is 10.1. The zero-order chi connectivity index (χ0) is 17.1. The maximum absolute atomic E-state index is 6.07. The predicted octanol–water partition coefficient (Wildman–Crippen LogP) is 3.67. The summed E-state index contributed by atoms with van der Waals surface area (Å²) in [5.74, 6) is 2.43. The van der Waals surface area contributed by atoms with Gasteiger partial charge in [0.15, 0.2) is 11.7 Å². The van der Waals surface area contributed by atoms with Gasteiger partial charge in [0, 0.05) is 30.1 Å². The average Bonchev–Trinajstić information content (AvgIpc) is 3.16. The van der Waals surface area contributed by atoms with Crippen molar-refractivity contribution in [1.82, 2.24) is 15.8 Å². The summed E-state index contributed by atoms with van der Waals surface area (Å²) < 4.78 is 5.34. The Morgan fingerprint density at radius 3 is 2.92 bits per heavy atom. The third kappa shape index (κ3) is 4.09. The van der Waals surface area contributed by atoms with Gasteiger partial charge in [0.1, 0.15) is 0 Å². The summed E-state index contributed by atoms with van der Waals surface area (Å²) in [7, 11) is 1.77. The number of guanidine groups is 1. The molecular formula is C18H23ClN4O. The summed E-state index contributed by atoms with van der Waals surface area (Å²) in [5, 5.41) is 11.6. The lowest BCUT2D eigenvalue weighted by Crippen LogP contribution is -2.38. The summed E-state index contributed by atoms with van der Waals surface area (Å²) >= 11 is 6.07. The minimum absolute atomic E-state index is 0.366. The second kappa shape index (κ2) is 7.26. The van der Waals surface area contributed by atoms with Gasteiger partial charge in [-0.3, -0.25) is 4.99 Å². The number of halogens is 1. The number of rotatable bonds is 5. The van der Waals surface area contributed by atoms with E-state index >= 15 is 0 Å². The van der Waals surface area contributed by atoms with E-state index in [1.807, 2.05) is 24.3 Å². The van der Waals surface area contributed by atoms with Crippen LogP contribution in [0.5, 0.6) is 0 Å². The van der Waals surface area contributed by atoms with Gasteiger partial charge in [0.2, 0.25) is 0 Å². The summed E-state index contributed by atoms with van der Waals surface area (Å²) in [4.78, 5) is 4.28. The third-order valence-electron chi connectivity index (χ3n) is 4.21. The molecule has 0 radical (unpaired) electrons. The molecule has 0 bridgehead atoms. The number of benzene rings is 1. The topological polar surface area (TPSA) is 62.5 Å². The molecule has 0 aliphatic heterocycles. The van der Waals surface area contributed by atoms with Crippen molar-refractivity contribution >= 4 is 17.6 Å². The van der Waals surface area contributed by atoms with Crippen molar-refractivity contribution in [2.24, 2.45) is 4.99 Å². The van der Waals surface area contributed by atoms with Crippen molar-refractivity contribution in [1.29, 1.82) is 0 Å². The van der Waals surface area contributed by atoms with Crippen LogP contribution >= 0.6 is 11.6 Å². The van der Waals surface area contributed by atoms with Crippen LogP contribution in [0, 0.1) is 0 Å². The van der Waals surface area contributed by atoms with Crippen LogP contribution in [-0.4, -0.2) is 24.2 Å². The number of hydrogen-bond acceptors (Lipinski definition) is 3. The highest BCUT2D eigenvalue weighted by atomic mass is 35.5. The Morgan fingerprint density at radius 1 is 1.42 bits per heavy atom. The fourth-order valence-electron chi connectivity index (χ4n) is 2.69. The van der Waals surface area contributed by atoms with Gasteiger partial charge in [0.25, 0.3) is 0 Å². The van der Waals surface area contributed by atoms with Crippen LogP contribution < -0.4 is 10.6 Å². The number of nitrogens with zero attached hydrogens (tertiary/aromatic N) is 2. The summed E-state index contributed by atoms with van der Waals surface area (Å²) in [5.41, 5.74) is 2.24. The van der Waals surface area contributed by atoms with E-state index in [9.17, 15) is 0 Å². The molecule has 0 saturated heterocycles. The third-order valence-corrected chi connectivity index (χ3v) is 4.45. The Labute approximate surface area is 147 Å². The highest BCUT2D eigenvalue weighted by Gasteiger charge is 2.39. The Balaban J connectivity index is 1.51. The molecule has 1 aromatic carbocycles. The van der Waals surface area contributed by atoms with Crippen LogP contribution in [0.3, 0.4) is 0 Å². The van der Waals surface area contributed by atoms with Gasteiger partial charge in [-0.25, -0.2) is 0 Å². The van der Waals surface area contributed by atoms with E-state index in [4.69, 9.17) is 16.1 Å². The van der Waals surface area contributed by atoms with Crippen LogP contribution in [0.15, 0.2) is 39.8 Å². The minimum Gasteiger partial charge on any atom is -0.359 e. The lowest BCUT2D eigenvalue weighted by molar-refractivity contribution is 0.372. The Bertz CT molecular complexity index is 725. The molecule has 0 spiro atoms. The fourth-order valence-corrected chi connectivity index (χ4v) is 2.88. The van der Waals surface area contributed by atoms with Crippen molar-refractivity contribution in [2.45, 2.75) is 44.7 Å². The molecule has 1 aliphatic rings. The van der Waals surface area contributed by atoms with Crippen LogP contribution in [0.4, 0.5) is 0 Å². The second-order valence-electron chi connectivity index (χ2n) is 6.45. The van der Waals surface area contributed by atoms with Crippen molar-refractivity contribution in [3.8, 4) is 0 Å². The molecule has 6 heteroatoms. The van der Waals surface area contributed by atoms with Crippen LogP contribution in [-0.2, 0) is 6.54 Å². The number of hydrogen-bond donors (Lipinski definition) is 2. The van der Waals surface area contributed by atoms with Crippen LogP contribution in [0.1, 0.15) is 49.1 Å². The average molecular weight is 347 g/mol. The van der Waals surface area contributed by atoms with E-state index in [0.717, 1.165) is 28.9 Å². The highest BCUT2D eigenvalue weighted by molar-refractivity contribution is 6.30. The zero-order valence-electron chi connectivity index (χ0n) is 14.2. The Kier molecular flexibility index (Phi) is 5.09. The van der Waals surface area contributed by atoms with Crippen LogP contribution in [0.25, 0.3) is 0 Å². The Hall–Kier alpha value is -2.01. The largest absolute Gasteiger partial charge is 0.359 e. The van der Waals surface area contributed by atoms with Gasteiger partial charge in [-0.05, 0) is 30.0 Å². The van der Waals surface area contributed by atoms with Crippen molar-refractivity contribution < 1.29 is 4.52 Å². The summed E-state index contributed by atoms with van der Waals surface area (Å²) in [6, 6.07) is 10.4. The monoisotopic (exact) mass is 346 g/mol. The first-order chi connectivity index (χ1) is 11.6. The molecule has 0 amide bonds. The number of nitrogens with one attached hydrogen (secondary N) is 2. The van der Waals surface area contributed by atoms with E-state index in [-0.39, 0.29) is 0 Å². The maximum atomic E-state index is 6.07. The molecule has 1 heterocycles. The van der Waals surface area contributed by atoms with Gasteiger partial charge in [-0.1, -0.05) is 42.7 Å². The SMILES string of the molecule is CN=C(NCc1cc(C(C)C)no1)NC1CC1c1cccc(Cl)c1. The van der Waals surface area contributed by atoms with E-state index in [1.54, 1.807) is 7.05 Å². The van der Waals surface area contributed by atoms with Gasteiger partial charge in [0.05, 0.1) is 12.2 Å². The van der Waals surface area contributed by atoms with Crippen molar-refractivity contribution in [3.63, 3.8) is 0 Å². The van der Waals surface area contributed by atoms with Gasteiger partial charge in [-0.2, -0.15) is 0 Å². The van der Waals surface area contributed by atoms with Gasteiger partial charge in [-0.15, -0.1) is 0 Å². The van der Waals surface area contributed by atoms with Crippen LogP contribution in [0.2, 0.25) is 5.02 Å². The number of aromatic nitrogens is 1. The molecule has 1 aliphatic carbocycles. The van der Waals surface area contributed by atoms with Gasteiger partial charge >= 0.3 is 0 Å². The number of aliphatic imine (C=N–C) groups is 1. The van der Waals surface area contributed by atoms with E-state index in [2.05, 4.69) is 40.7 Å². The van der Waals surface area contributed by atoms with Gasteiger partial charge < -0.3 is 15.2 Å². The predicted molar refractivity (Wildman–Crippen MR) is 96.5 cm³/mol. The zero-order valence-corrected chi connectivity index (χ0v) is 15.0. The maximum Gasteiger partial charge on any atom is 0.191 e.